The van der Waals surface area contributed by atoms with Crippen molar-refractivity contribution in [3.63, 3.8) is 0 Å². The highest BCUT2D eigenvalue weighted by Gasteiger charge is 2.58. The summed E-state index contributed by atoms with van der Waals surface area (Å²) in [5.41, 5.74) is 1.13. The number of carbonyl (C=O) groups excluding carboxylic acids is 2. The van der Waals surface area contributed by atoms with E-state index in [1.54, 1.807) is 25.7 Å². The number of aliphatic carboxylic acids is 1. The van der Waals surface area contributed by atoms with Gasteiger partial charge in [0.1, 0.15) is 5.60 Å². The minimum Gasteiger partial charge on any atom is -0.479 e. The molecule has 4 aromatic rings. The Morgan fingerprint density at radius 2 is 1.32 bits per heavy atom. The van der Waals surface area contributed by atoms with E-state index in [1.807, 2.05) is 48.5 Å². The molecule has 0 spiro atoms. The van der Waals surface area contributed by atoms with Crippen LogP contribution in [0.4, 0.5) is 4.79 Å². The number of rotatable bonds is 2. The van der Waals surface area contributed by atoms with Crippen LogP contribution in [0.2, 0.25) is 0 Å². The quantitative estimate of drug-likeness (QED) is 0.302. The van der Waals surface area contributed by atoms with E-state index in [-0.39, 0.29) is 26.1 Å². The summed E-state index contributed by atoms with van der Waals surface area (Å²) in [6.07, 6.45) is -0.354. The summed E-state index contributed by atoms with van der Waals surface area (Å²) in [6.45, 7) is 5.76. The van der Waals surface area contributed by atoms with Gasteiger partial charge in [-0.15, -0.1) is 0 Å². The zero-order valence-electron chi connectivity index (χ0n) is 22.9. The van der Waals surface area contributed by atoms with Crippen LogP contribution in [0.5, 0.6) is 0 Å². The van der Waals surface area contributed by atoms with Gasteiger partial charge in [0.15, 0.2) is 0 Å². The van der Waals surface area contributed by atoms with Gasteiger partial charge in [-0.2, -0.15) is 0 Å². The second-order valence-corrected chi connectivity index (χ2v) is 11.7. The van der Waals surface area contributed by atoms with Gasteiger partial charge in [-0.25, -0.2) is 9.59 Å². The third-order valence-corrected chi connectivity index (χ3v) is 7.99. The van der Waals surface area contributed by atoms with Gasteiger partial charge in [-0.1, -0.05) is 72.8 Å². The Bertz CT molecular complexity index is 1600. The third kappa shape index (κ3) is 4.08. The molecular weight excluding hydrogens is 504 g/mol. The van der Waals surface area contributed by atoms with Crippen molar-refractivity contribution >= 4 is 39.5 Å². The van der Waals surface area contributed by atoms with E-state index < -0.39 is 29.1 Å². The molecule has 2 aliphatic rings. The van der Waals surface area contributed by atoms with Crippen molar-refractivity contribution in [1.29, 1.82) is 0 Å². The van der Waals surface area contributed by atoms with Gasteiger partial charge >= 0.3 is 12.1 Å². The smallest absolute Gasteiger partial charge is 0.411 e. The number of ether oxygens (including phenoxy) is 1. The summed E-state index contributed by atoms with van der Waals surface area (Å²) in [5, 5.41) is 14.9. The van der Waals surface area contributed by atoms with Gasteiger partial charge in [-0.05, 0) is 77.4 Å². The summed E-state index contributed by atoms with van der Waals surface area (Å²) < 4.78 is 5.55. The van der Waals surface area contributed by atoms with Crippen LogP contribution in [0.15, 0.2) is 72.8 Å². The van der Waals surface area contributed by atoms with Crippen molar-refractivity contribution in [3.05, 3.63) is 83.9 Å². The van der Waals surface area contributed by atoms with E-state index in [9.17, 15) is 19.5 Å². The molecule has 7 heteroatoms. The summed E-state index contributed by atoms with van der Waals surface area (Å²) in [6, 6.07) is 24.5. The number of hydrogen-bond acceptors (Lipinski definition) is 4. The number of carboxylic acids is 1. The van der Waals surface area contributed by atoms with Gasteiger partial charge in [0.25, 0.3) is 5.91 Å². The lowest BCUT2D eigenvalue weighted by Gasteiger charge is -2.38. The molecule has 40 heavy (non-hydrogen) atoms. The summed E-state index contributed by atoms with van der Waals surface area (Å²) in [4.78, 5) is 43.3. The van der Waals surface area contributed by atoms with E-state index in [0.29, 0.717) is 6.42 Å². The highest BCUT2D eigenvalue weighted by atomic mass is 16.6. The first-order valence-electron chi connectivity index (χ1n) is 13.7. The zero-order valence-corrected chi connectivity index (χ0v) is 22.9. The van der Waals surface area contributed by atoms with Gasteiger partial charge < -0.3 is 14.7 Å². The Kier molecular flexibility index (Phi) is 6.06. The Balaban J connectivity index is 1.52. The SMILES string of the molecule is CC(C)(C)OC(=O)N1CCC[C@]1(C(=O)O)C(=O)N1Cc2ccc3ccccc3c2-c2c(ccc3ccccc23)C1. The fraction of sp³-hybridized carbons (Fsp3) is 0.303. The lowest BCUT2D eigenvalue weighted by Crippen LogP contribution is -2.63. The second kappa shape index (κ2) is 9.37. The molecule has 7 nitrogen and oxygen atoms in total. The van der Waals surface area contributed by atoms with Crippen LogP contribution in [0.25, 0.3) is 32.7 Å². The van der Waals surface area contributed by atoms with Crippen LogP contribution in [-0.4, -0.2) is 50.6 Å². The molecule has 0 aromatic heterocycles. The van der Waals surface area contributed by atoms with Crippen molar-refractivity contribution in [2.75, 3.05) is 6.54 Å². The maximum absolute atomic E-state index is 14.4. The van der Waals surface area contributed by atoms with Crippen LogP contribution in [0.1, 0.15) is 44.7 Å². The predicted molar refractivity (Wildman–Crippen MR) is 154 cm³/mol. The number of hydrogen-bond donors (Lipinski definition) is 1. The molecule has 0 unspecified atom stereocenters. The standard InChI is InChI=1S/C33H32N2O5/c1-32(2,3)40-31(39)35-18-8-17-33(35,30(37)38)29(36)34-19-23-15-13-21-9-4-6-11-25(21)27(23)28-24(20-34)16-14-22-10-5-7-12-26(22)28/h4-7,9-16H,8,17-20H2,1-3H3,(H,37,38)/t33-/m1/s1. The summed E-state index contributed by atoms with van der Waals surface area (Å²) in [7, 11) is 0. The van der Waals surface area contributed by atoms with Crippen molar-refractivity contribution in [1.82, 2.24) is 9.80 Å². The Labute approximate surface area is 232 Å². The van der Waals surface area contributed by atoms with E-state index in [1.165, 1.54) is 0 Å². The molecule has 1 saturated heterocycles. The average molecular weight is 537 g/mol. The van der Waals surface area contributed by atoms with Crippen LogP contribution < -0.4 is 0 Å². The van der Waals surface area contributed by atoms with E-state index in [2.05, 4.69) is 24.3 Å². The second-order valence-electron chi connectivity index (χ2n) is 11.7. The van der Waals surface area contributed by atoms with Gasteiger partial charge in [-0.3, -0.25) is 9.69 Å². The highest BCUT2D eigenvalue weighted by molar-refractivity contribution is 6.11. The summed E-state index contributed by atoms with van der Waals surface area (Å²) in [5.74, 6) is -1.92. The number of amides is 2. The highest BCUT2D eigenvalue weighted by Crippen LogP contribution is 2.43. The van der Waals surface area contributed by atoms with Crippen molar-refractivity contribution < 1.29 is 24.2 Å². The lowest BCUT2D eigenvalue weighted by molar-refractivity contribution is -0.162. The molecule has 6 rings (SSSR count). The molecule has 204 valence electrons. The Hall–Kier alpha value is -4.39. The van der Waals surface area contributed by atoms with E-state index in [0.717, 1.165) is 48.7 Å². The van der Waals surface area contributed by atoms with Gasteiger partial charge in [0, 0.05) is 19.6 Å². The maximum Gasteiger partial charge on any atom is 0.411 e. The Morgan fingerprint density at radius 3 is 1.82 bits per heavy atom. The first-order valence-corrected chi connectivity index (χ1v) is 13.7. The molecule has 2 aliphatic heterocycles. The van der Waals surface area contributed by atoms with Crippen LogP contribution in [0.3, 0.4) is 0 Å². The molecule has 2 heterocycles. The van der Waals surface area contributed by atoms with Crippen molar-refractivity contribution in [3.8, 4) is 11.1 Å². The number of carboxylic acid groups (broad SMARTS) is 1. The van der Waals surface area contributed by atoms with Crippen LogP contribution in [-0.2, 0) is 27.4 Å². The molecular formula is C33H32N2O5. The molecule has 1 fully saturated rings. The normalized spacial score (nSPS) is 18.8. The number of nitrogens with zero attached hydrogens (tertiary/aromatic N) is 2. The Morgan fingerprint density at radius 1 is 0.800 bits per heavy atom. The third-order valence-electron chi connectivity index (χ3n) is 7.99. The minimum absolute atomic E-state index is 0.0338. The number of carbonyl (C=O) groups is 3. The molecule has 1 atom stereocenters. The maximum atomic E-state index is 14.4. The molecule has 2 amide bonds. The number of fused-ring (bicyclic) bond motifs is 7. The number of benzene rings is 4. The largest absolute Gasteiger partial charge is 0.479 e. The molecule has 0 radical (unpaired) electrons. The predicted octanol–water partition coefficient (Wildman–Crippen LogP) is 6.36. The van der Waals surface area contributed by atoms with Gasteiger partial charge in [0.05, 0.1) is 0 Å². The molecule has 0 bridgehead atoms. The molecule has 4 aromatic carbocycles. The van der Waals surface area contributed by atoms with Crippen molar-refractivity contribution in [2.45, 2.75) is 57.8 Å². The fourth-order valence-corrected chi connectivity index (χ4v) is 6.28. The van der Waals surface area contributed by atoms with E-state index in [4.69, 9.17) is 4.74 Å². The van der Waals surface area contributed by atoms with Crippen molar-refractivity contribution in [2.24, 2.45) is 0 Å². The fourth-order valence-electron chi connectivity index (χ4n) is 6.28. The zero-order chi connectivity index (χ0) is 28.2. The summed E-state index contributed by atoms with van der Waals surface area (Å²) >= 11 is 0. The van der Waals surface area contributed by atoms with Crippen LogP contribution >= 0.6 is 0 Å². The van der Waals surface area contributed by atoms with Crippen LogP contribution in [0, 0.1) is 0 Å². The monoisotopic (exact) mass is 536 g/mol. The number of likely N-dealkylation sites (tertiary alicyclic amines) is 1. The first-order chi connectivity index (χ1) is 19.1. The lowest BCUT2D eigenvalue weighted by atomic mass is 9.88. The van der Waals surface area contributed by atoms with Gasteiger partial charge in [0.2, 0.25) is 5.54 Å². The van der Waals surface area contributed by atoms with E-state index >= 15 is 0 Å². The molecule has 0 saturated carbocycles. The topological polar surface area (TPSA) is 87.1 Å². The average Bonchev–Trinajstić information content (AvgIpc) is 3.30. The molecule has 0 aliphatic carbocycles. The molecule has 1 N–H and O–H groups in total. The minimum atomic E-state index is -2.03. The first kappa shape index (κ1) is 25.9.